The fourth-order valence-electron chi connectivity index (χ4n) is 1.95. The number of hydrogen-bond acceptors (Lipinski definition) is 2. The first-order chi connectivity index (χ1) is 9.90. The van der Waals surface area contributed by atoms with Crippen LogP contribution < -0.4 is 5.32 Å². The predicted octanol–water partition coefficient (Wildman–Crippen LogP) is 2.97. The van der Waals surface area contributed by atoms with Gasteiger partial charge >= 0.3 is 0 Å². The van der Waals surface area contributed by atoms with Gasteiger partial charge in [-0.25, -0.2) is 0 Å². The number of methoxy groups -OCH3 is 1. The van der Waals surface area contributed by atoms with Crippen LogP contribution in [0.5, 0.6) is 0 Å². The summed E-state index contributed by atoms with van der Waals surface area (Å²) >= 11 is 0. The molecule has 0 fully saturated rings. The molecular formula is C18H19NO. The SMILES string of the molecule is COCc1ccccc1CNCC#Cc1ccccc1. The maximum absolute atomic E-state index is 5.20. The Bertz CT molecular complexity index is 581. The quantitative estimate of drug-likeness (QED) is 0.663. The first kappa shape index (κ1) is 14.3. The molecule has 0 saturated carbocycles. The Morgan fingerprint density at radius 3 is 2.40 bits per heavy atom. The van der Waals surface area contributed by atoms with Crippen LogP contribution in [0.4, 0.5) is 0 Å². The van der Waals surface area contributed by atoms with Gasteiger partial charge < -0.3 is 10.1 Å². The third-order valence-corrected chi connectivity index (χ3v) is 2.95. The predicted molar refractivity (Wildman–Crippen MR) is 82.2 cm³/mol. The molecule has 102 valence electrons. The van der Waals surface area contributed by atoms with Crippen LogP contribution in [0.3, 0.4) is 0 Å². The van der Waals surface area contributed by atoms with E-state index in [1.807, 2.05) is 42.5 Å². The standard InChI is InChI=1S/C18H19NO/c1-20-15-18-12-6-5-11-17(18)14-19-13-7-10-16-8-3-2-4-9-16/h2-6,8-9,11-12,19H,13-15H2,1H3. The molecule has 2 rings (SSSR count). The molecule has 0 aliphatic heterocycles. The minimum absolute atomic E-state index is 0.646. The normalized spacial score (nSPS) is 9.85. The molecule has 2 aromatic rings. The van der Waals surface area contributed by atoms with Gasteiger partial charge in [-0.15, -0.1) is 0 Å². The molecule has 0 unspecified atom stereocenters. The minimum Gasteiger partial charge on any atom is -0.380 e. The monoisotopic (exact) mass is 265 g/mol. The third-order valence-electron chi connectivity index (χ3n) is 2.95. The van der Waals surface area contributed by atoms with Crippen molar-refractivity contribution in [1.29, 1.82) is 0 Å². The summed E-state index contributed by atoms with van der Waals surface area (Å²) < 4.78 is 5.20. The molecule has 0 saturated heterocycles. The number of nitrogens with one attached hydrogen (secondary N) is 1. The Morgan fingerprint density at radius 2 is 1.65 bits per heavy atom. The van der Waals surface area contributed by atoms with Gasteiger partial charge in [0.2, 0.25) is 0 Å². The van der Waals surface area contributed by atoms with Gasteiger partial charge in [-0.05, 0) is 23.3 Å². The summed E-state index contributed by atoms with van der Waals surface area (Å²) in [5.74, 6) is 6.26. The van der Waals surface area contributed by atoms with E-state index in [9.17, 15) is 0 Å². The molecule has 2 nitrogen and oxygen atoms in total. The van der Waals surface area contributed by atoms with E-state index in [1.54, 1.807) is 7.11 Å². The zero-order valence-corrected chi connectivity index (χ0v) is 11.7. The molecule has 0 spiro atoms. The van der Waals surface area contributed by atoms with E-state index < -0.39 is 0 Å². The van der Waals surface area contributed by atoms with Crippen molar-refractivity contribution in [2.45, 2.75) is 13.2 Å². The van der Waals surface area contributed by atoms with E-state index in [4.69, 9.17) is 4.74 Å². The summed E-state index contributed by atoms with van der Waals surface area (Å²) in [6.07, 6.45) is 0. The second-order valence-electron chi connectivity index (χ2n) is 4.47. The Balaban J connectivity index is 1.83. The highest BCUT2D eigenvalue weighted by atomic mass is 16.5. The van der Waals surface area contributed by atoms with Crippen molar-refractivity contribution in [2.75, 3.05) is 13.7 Å². The van der Waals surface area contributed by atoms with Crippen molar-refractivity contribution < 1.29 is 4.74 Å². The smallest absolute Gasteiger partial charge is 0.0716 e. The lowest BCUT2D eigenvalue weighted by atomic mass is 10.1. The van der Waals surface area contributed by atoms with Gasteiger partial charge in [0.1, 0.15) is 0 Å². The summed E-state index contributed by atoms with van der Waals surface area (Å²) in [5.41, 5.74) is 3.53. The van der Waals surface area contributed by atoms with E-state index in [-0.39, 0.29) is 0 Å². The molecule has 2 aromatic carbocycles. The van der Waals surface area contributed by atoms with Gasteiger partial charge in [0.05, 0.1) is 13.2 Å². The second kappa shape index (κ2) is 8.16. The van der Waals surface area contributed by atoms with Gasteiger partial charge in [-0.1, -0.05) is 54.3 Å². The van der Waals surface area contributed by atoms with E-state index >= 15 is 0 Å². The van der Waals surface area contributed by atoms with Gasteiger partial charge in [0.25, 0.3) is 0 Å². The van der Waals surface area contributed by atoms with Crippen molar-refractivity contribution in [3.05, 3.63) is 71.3 Å². The summed E-state index contributed by atoms with van der Waals surface area (Å²) in [7, 11) is 1.72. The highest BCUT2D eigenvalue weighted by Crippen LogP contribution is 2.09. The summed E-state index contributed by atoms with van der Waals surface area (Å²) in [5, 5.41) is 3.34. The van der Waals surface area contributed by atoms with Gasteiger partial charge in [-0.2, -0.15) is 0 Å². The lowest BCUT2D eigenvalue weighted by molar-refractivity contribution is 0.184. The Hall–Kier alpha value is -2.08. The van der Waals surface area contributed by atoms with Crippen LogP contribution >= 0.6 is 0 Å². The van der Waals surface area contributed by atoms with Crippen LogP contribution in [0.2, 0.25) is 0 Å². The molecule has 0 amide bonds. The molecule has 0 heterocycles. The average molecular weight is 265 g/mol. The number of rotatable bonds is 5. The zero-order chi connectivity index (χ0) is 14.0. The molecule has 0 aliphatic rings. The van der Waals surface area contributed by atoms with Gasteiger partial charge in [0, 0.05) is 19.2 Å². The van der Waals surface area contributed by atoms with Gasteiger partial charge in [-0.3, -0.25) is 0 Å². The Morgan fingerprint density at radius 1 is 0.950 bits per heavy atom. The van der Waals surface area contributed by atoms with Crippen LogP contribution in [-0.2, 0) is 17.9 Å². The molecule has 0 atom stereocenters. The van der Waals surface area contributed by atoms with Crippen LogP contribution in [0, 0.1) is 11.8 Å². The fourth-order valence-corrected chi connectivity index (χ4v) is 1.95. The highest BCUT2D eigenvalue weighted by molar-refractivity contribution is 5.34. The second-order valence-corrected chi connectivity index (χ2v) is 4.47. The van der Waals surface area contributed by atoms with Crippen LogP contribution in [0.15, 0.2) is 54.6 Å². The van der Waals surface area contributed by atoms with Crippen molar-refractivity contribution >= 4 is 0 Å². The van der Waals surface area contributed by atoms with Gasteiger partial charge in [0.15, 0.2) is 0 Å². The zero-order valence-electron chi connectivity index (χ0n) is 11.7. The van der Waals surface area contributed by atoms with E-state index in [0.717, 1.165) is 12.1 Å². The lowest BCUT2D eigenvalue weighted by Crippen LogP contribution is -2.14. The average Bonchev–Trinajstić information content (AvgIpc) is 2.50. The van der Waals surface area contributed by atoms with Crippen molar-refractivity contribution in [3.63, 3.8) is 0 Å². The minimum atomic E-state index is 0.646. The molecular weight excluding hydrogens is 246 g/mol. The molecule has 1 N–H and O–H groups in total. The summed E-state index contributed by atoms with van der Waals surface area (Å²) in [6, 6.07) is 18.3. The number of benzene rings is 2. The van der Waals surface area contributed by atoms with E-state index in [2.05, 4.69) is 29.3 Å². The van der Waals surface area contributed by atoms with Crippen LogP contribution in [0.25, 0.3) is 0 Å². The largest absolute Gasteiger partial charge is 0.380 e. The maximum Gasteiger partial charge on any atom is 0.0716 e. The third kappa shape index (κ3) is 4.55. The van der Waals surface area contributed by atoms with Crippen molar-refractivity contribution in [3.8, 4) is 11.8 Å². The topological polar surface area (TPSA) is 21.3 Å². The molecule has 0 radical (unpaired) electrons. The molecule has 2 heteroatoms. The lowest BCUT2D eigenvalue weighted by Gasteiger charge is -2.08. The first-order valence-electron chi connectivity index (χ1n) is 6.70. The van der Waals surface area contributed by atoms with E-state index in [1.165, 1.54) is 11.1 Å². The highest BCUT2D eigenvalue weighted by Gasteiger charge is 1.99. The molecule has 0 aliphatic carbocycles. The Labute approximate surface area is 120 Å². The first-order valence-corrected chi connectivity index (χ1v) is 6.70. The number of hydrogen-bond donors (Lipinski definition) is 1. The van der Waals surface area contributed by atoms with Crippen molar-refractivity contribution in [1.82, 2.24) is 5.32 Å². The summed E-state index contributed by atoms with van der Waals surface area (Å²) in [4.78, 5) is 0. The number of ether oxygens (including phenoxy) is 1. The Kier molecular flexibility index (Phi) is 5.85. The summed E-state index contributed by atoms with van der Waals surface area (Å²) in [6.45, 7) is 2.13. The van der Waals surface area contributed by atoms with Crippen molar-refractivity contribution in [2.24, 2.45) is 0 Å². The van der Waals surface area contributed by atoms with Crippen LogP contribution in [-0.4, -0.2) is 13.7 Å². The molecule has 0 aromatic heterocycles. The van der Waals surface area contributed by atoms with Crippen LogP contribution in [0.1, 0.15) is 16.7 Å². The maximum atomic E-state index is 5.20. The molecule has 20 heavy (non-hydrogen) atoms. The molecule has 0 bridgehead atoms. The fraction of sp³-hybridized carbons (Fsp3) is 0.222. The van der Waals surface area contributed by atoms with E-state index in [0.29, 0.717) is 13.2 Å².